The Morgan fingerprint density at radius 1 is 1.21 bits per heavy atom. The third-order valence-corrected chi connectivity index (χ3v) is 4.28. The Morgan fingerprint density at radius 2 is 2.00 bits per heavy atom. The van der Waals surface area contributed by atoms with Crippen LogP contribution in [0.5, 0.6) is 0 Å². The second kappa shape index (κ2) is 6.77. The molecule has 3 aromatic rings. The Labute approximate surface area is 145 Å². The van der Waals surface area contributed by atoms with Crippen LogP contribution in [0.15, 0.2) is 53.9 Å². The average molecular weight is 360 g/mol. The minimum absolute atomic E-state index is 0.140. The highest BCUT2D eigenvalue weighted by Crippen LogP contribution is 2.30. The van der Waals surface area contributed by atoms with Crippen molar-refractivity contribution < 1.29 is 9.72 Å². The molecule has 6 nitrogen and oxygen atoms in total. The summed E-state index contributed by atoms with van der Waals surface area (Å²) in [4.78, 5) is 26.8. The molecule has 0 spiro atoms. The van der Waals surface area contributed by atoms with Gasteiger partial charge in [0.2, 0.25) is 0 Å². The number of benzene rings is 2. The van der Waals surface area contributed by atoms with Crippen LogP contribution in [0.2, 0.25) is 5.02 Å². The number of hydrogen-bond donors (Lipinski definition) is 1. The van der Waals surface area contributed by atoms with E-state index in [-0.39, 0.29) is 11.3 Å². The van der Waals surface area contributed by atoms with Crippen molar-refractivity contribution in [3.63, 3.8) is 0 Å². The van der Waals surface area contributed by atoms with Gasteiger partial charge in [0.1, 0.15) is 0 Å². The van der Waals surface area contributed by atoms with Gasteiger partial charge in [-0.2, -0.15) is 0 Å². The predicted molar refractivity (Wildman–Crippen MR) is 93.6 cm³/mol. The van der Waals surface area contributed by atoms with Crippen molar-refractivity contribution in [2.75, 3.05) is 5.32 Å². The van der Waals surface area contributed by atoms with E-state index in [4.69, 9.17) is 11.6 Å². The largest absolute Gasteiger partial charge is 0.298 e. The van der Waals surface area contributed by atoms with Crippen molar-refractivity contribution in [1.29, 1.82) is 0 Å². The van der Waals surface area contributed by atoms with Gasteiger partial charge in [-0.05, 0) is 12.1 Å². The van der Waals surface area contributed by atoms with Gasteiger partial charge in [0.25, 0.3) is 11.6 Å². The van der Waals surface area contributed by atoms with Gasteiger partial charge in [-0.1, -0.05) is 35.9 Å². The van der Waals surface area contributed by atoms with Crippen molar-refractivity contribution in [3.05, 3.63) is 74.6 Å². The van der Waals surface area contributed by atoms with Gasteiger partial charge in [0.05, 0.1) is 10.6 Å². The lowest BCUT2D eigenvalue weighted by Gasteiger charge is -2.02. The zero-order valence-electron chi connectivity index (χ0n) is 12.1. The molecule has 0 fully saturated rings. The maximum atomic E-state index is 12.2. The Morgan fingerprint density at radius 3 is 2.75 bits per heavy atom. The standard InChI is InChI=1S/C16H10ClN3O3S/c17-13-7-2-1-6-12(13)14-9-24-16(18-14)19-15(21)10-4-3-5-11(8-10)20(22)23/h1-9H,(H,18,19,21). The second-order valence-corrected chi connectivity index (χ2v) is 6.04. The summed E-state index contributed by atoms with van der Waals surface area (Å²) < 4.78 is 0. The molecule has 0 radical (unpaired) electrons. The quantitative estimate of drug-likeness (QED) is 0.543. The van der Waals surface area contributed by atoms with Gasteiger partial charge in [0.15, 0.2) is 5.13 Å². The van der Waals surface area contributed by atoms with E-state index in [1.165, 1.54) is 35.6 Å². The zero-order chi connectivity index (χ0) is 17.1. The van der Waals surface area contributed by atoms with Crippen molar-refractivity contribution in [3.8, 4) is 11.3 Å². The Hall–Kier alpha value is -2.77. The molecule has 0 saturated heterocycles. The number of non-ortho nitro benzene ring substituents is 1. The predicted octanol–water partition coefficient (Wildman–Crippen LogP) is 4.62. The summed E-state index contributed by atoms with van der Waals surface area (Å²) in [7, 11) is 0. The number of anilines is 1. The van der Waals surface area contributed by atoms with Crippen LogP contribution in [-0.2, 0) is 0 Å². The van der Waals surface area contributed by atoms with Crippen LogP contribution in [0.25, 0.3) is 11.3 Å². The fourth-order valence-electron chi connectivity index (χ4n) is 2.05. The minimum atomic E-state index is -0.546. The molecule has 0 atom stereocenters. The first-order valence-electron chi connectivity index (χ1n) is 6.81. The summed E-state index contributed by atoms with van der Waals surface area (Å²) in [6.45, 7) is 0. The molecule has 8 heteroatoms. The SMILES string of the molecule is O=C(Nc1nc(-c2ccccc2Cl)cs1)c1cccc([N+](=O)[O-])c1. The molecule has 0 saturated carbocycles. The van der Waals surface area contributed by atoms with E-state index in [0.717, 1.165) is 5.56 Å². The summed E-state index contributed by atoms with van der Waals surface area (Å²) in [6, 6.07) is 12.8. The van der Waals surface area contributed by atoms with Crippen molar-refractivity contribution in [2.24, 2.45) is 0 Å². The second-order valence-electron chi connectivity index (χ2n) is 4.78. The Balaban J connectivity index is 1.80. The molecule has 0 bridgehead atoms. The normalized spacial score (nSPS) is 10.4. The molecule has 120 valence electrons. The Kier molecular flexibility index (Phi) is 4.54. The van der Waals surface area contributed by atoms with E-state index in [1.54, 1.807) is 11.4 Å². The fraction of sp³-hybridized carbons (Fsp3) is 0. The van der Waals surface area contributed by atoms with Gasteiger partial charge in [-0.3, -0.25) is 20.2 Å². The number of nitrogens with zero attached hydrogens (tertiary/aromatic N) is 2. The van der Waals surface area contributed by atoms with Crippen LogP contribution in [0, 0.1) is 10.1 Å². The van der Waals surface area contributed by atoms with Crippen molar-refractivity contribution in [1.82, 2.24) is 4.98 Å². The summed E-state index contributed by atoms with van der Waals surface area (Å²) in [5.74, 6) is -0.459. The van der Waals surface area contributed by atoms with Crippen LogP contribution in [0.4, 0.5) is 10.8 Å². The molecule has 24 heavy (non-hydrogen) atoms. The van der Waals surface area contributed by atoms with Gasteiger partial charge in [-0.25, -0.2) is 4.98 Å². The summed E-state index contributed by atoms with van der Waals surface area (Å²) in [5.41, 5.74) is 1.48. The number of nitrogens with one attached hydrogen (secondary N) is 1. The van der Waals surface area contributed by atoms with Crippen LogP contribution in [0.1, 0.15) is 10.4 Å². The molecule has 1 N–H and O–H groups in total. The molecule has 0 aliphatic carbocycles. The molecule has 0 aliphatic heterocycles. The van der Waals surface area contributed by atoms with E-state index in [0.29, 0.717) is 15.8 Å². The molecule has 1 heterocycles. The van der Waals surface area contributed by atoms with E-state index < -0.39 is 10.8 Å². The number of nitro benzene ring substituents is 1. The first-order valence-corrected chi connectivity index (χ1v) is 8.06. The number of amides is 1. The van der Waals surface area contributed by atoms with Crippen LogP contribution < -0.4 is 5.32 Å². The Bertz CT molecular complexity index is 926. The van der Waals surface area contributed by atoms with Gasteiger partial charge >= 0.3 is 0 Å². The minimum Gasteiger partial charge on any atom is -0.298 e. The maximum Gasteiger partial charge on any atom is 0.270 e. The highest BCUT2D eigenvalue weighted by Gasteiger charge is 2.14. The van der Waals surface area contributed by atoms with Crippen molar-refractivity contribution >= 4 is 39.7 Å². The van der Waals surface area contributed by atoms with Gasteiger partial charge in [0, 0.05) is 33.7 Å². The smallest absolute Gasteiger partial charge is 0.270 e. The van der Waals surface area contributed by atoms with E-state index >= 15 is 0 Å². The third kappa shape index (κ3) is 3.42. The number of carbonyl (C=O) groups excluding carboxylic acids is 1. The average Bonchev–Trinajstić information content (AvgIpc) is 3.03. The summed E-state index contributed by atoms with van der Waals surface area (Å²) in [5, 5.41) is 16.2. The first kappa shape index (κ1) is 16.1. The topological polar surface area (TPSA) is 85.1 Å². The monoisotopic (exact) mass is 359 g/mol. The number of nitro groups is 1. The fourth-order valence-corrected chi connectivity index (χ4v) is 2.99. The molecular formula is C16H10ClN3O3S. The van der Waals surface area contributed by atoms with Crippen LogP contribution in [-0.4, -0.2) is 15.8 Å². The molecule has 1 amide bonds. The number of aromatic nitrogens is 1. The van der Waals surface area contributed by atoms with Crippen molar-refractivity contribution in [2.45, 2.75) is 0 Å². The number of halogens is 1. The van der Waals surface area contributed by atoms with Crippen LogP contribution >= 0.6 is 22.9 Å². The molecule has 3 rings (SSSR count). The van der Waals surface area contributed by atoms with Crippen LogP contribution in [0.3, 0.4) is 0 Å². The van der Waals surface area contributed by atoms with Gasteiger partial charge < -0.3 is 0 Å². The lowest BCUT2D eigenvalue weighted by molar-refractivity contribution is -0.384. The zero-order valence-corrected chi connectivity index (χ0v) is 13.7. The third-order valence-electron chi connectivity index (χ3n) is 3.19. The number of hydrogen-bond acceptors (Lipinski definition) is 5. The molecule has 0 unspecified atom stereocenters. The molecule has 2 aromatic carbocycles. The molecule has 1 aromatic heterocycles. The summed E-state index contributed by atoms with van der Waals surface area (Å²) in [6.07, 6.45) is 0. The van der Waals surface area contributed by atoms with E-state index in [1.807, 2.05) is 18.2 Å². The highest BCUT2D eigenvalue weighted by molar-refractivity contribution is 7.14. The van der Waals surface area contributed by atoms with Gasteiger partial charge in [-0.15, -0.1) is 11.3 Å². The first-order chi connectivity index (χ1) is 11.5. The van der Waals surface area contributed by atoms with E-state index in [2.05, 4.69) is 10.3 Å². The maximum absolute atomic E-state index is 12.2. The lowest BCUT2D eigenvalue weighted by Crippen LogP contribution is -2.11. The lowest BCUT2D eigenvalue weighted by atomic mass is 10.2. The summed E-state index contributed by atoms with van der Waals surface area (Å²) >= 11 is 7.38. The number of thiazole rings is 1. The highest BCUT2D eigenvalue weighted by atomic mass is 35.5. The number of rotatable bonds is 4. The molecular weight excluding hydrogens is 350 g/mol. The van der Waals surface area contributed by atoms with E-state index in [9.17, 15) is 14.9 Å². The number of carbonyl (C=O) groups is 1. The molecule has 0 aliphatic rings.